The first-order valence-corrected chi connectivity index (χ1v) is 11.5. The standard InChI is InChI=1S/C26H28F4N4/c27-23-8-6-20(7-9-23)21-10-12-32-25(18-21)31-11-1-2-13-33-14-16-34(17-15-33)24-5-3-4-22(19-24)26(28,29)30/h3-10,12,18-19H,1-2,11,13-17H2,(H,31,32). The molecule has 8 heteroatoms. The largest absolute Gasteiger partial charge is 0.416 e. The van der Waals surface area contributed by atoms with Crippen molar-refractivity contribution in [2.45, 2.75) is 19.0 Å². The van der Waals surface area contributed by atoms with E-state index in [1.165, 1.54) is 24.3 Å². The van der Waals surface area contributed by atoms with Crippen LogP contribution in [0.1, 0.15) is 18.4 Å². The zero-order chi connectivity index (χ0) is 24.0. The molecule has 0 amide bonds. The normalized spacial score (nSPS) is 14.9. The maximum atomic E-state index is 13.1. The van der Waals surface area contributed by atoms with Crippen molar-refractivity contribution in [2.24, 2.45) is 0 Å². The van der Waals surface area contributed by atoms with Crippen molar-refractivity contribution in [3.05, 3.63) is 78.2 Å². The molecule has 2 heterocycles. The van der Waals surface area contributed by atoms with Crippen LogP contribution in [-0.2, 0) is 6.18 Å². The van der Waals surface area contributed by atoms with Crippen LogP contribution in [-0.4, -0.2) is 49.2 Å². The first-order chi connectivity index (χ1) is 16.4. The van der Waals surface area contributed by atoms with Crippen LogP contribution in [0.5, 0.6) is 0 Å². The predicted molar refractivity (Wildman–Crippen MR) is 127 cm³/mol. The Hall–Kier alpha value is -3.13. The summed E-state index contributed by atoms with van der Waals surface area (Å²) in [6.45, 7) is 4.88. The maximum Gasteiger partial charge on any atom is 0.416 e. The molecule has 0 aliphatic carbocycles. The van der Waals surface area contributed by atoms with Crippen LogP contribution >= 0.6 is 0 Å². The van der Waals surface area contributed by atoms with Gasteiger partial charge in [-0.2, -0.15) is 13.2 Å². The highest BCUT2D eigenvalue weighted by molar-refractivity contribution is 5.66. The van der Waals surface area contributed by atoms with Gasteiger partial charge in [-0.15, -0.1) is 0 Å². The second kappa shape index (κ2) is 10.9. The lowest BCUT2D eigenvalue weighted by atomic mass is 10.1. The van der Waals surface area contributed by atoms with E-state index in [2.05, 4.69) is 15.2 Å². The molecule has 1 aliphatic heterocycles. The number of hydrogen-bond donors (Lipinski definition) is 1. The van der Waals surface area contributed by atoms with E-state index < -0.39 is 11.7 Å². The minimum atomic E-state index is -4.32. The molecule has 1 saturated heterocycles. The van der Waals surface area contributed by atoms with Gasteiger partial charge < -0.3 is 10.2 Å². The minimum absolute atomic E-state index is 0.256. The second-order valence-electron chi connectivity index (χ2n) is 8.45. The lowest BCUT2D eigenvalue weighted by Gasteiger charge is -2.36. The minimum Gasteiger partial charge on any atom is -0.370 e. The number of anilines is 2. The van der Waals surface area contributed by atoms with Crippen LogP contribution in [0.2, 0.25) is 0 Å². The summed E-state index contributed by atoms with van der Waals surface area (Å²) < 4.78 is 52.0. The molecule has 1 aromatic heterocycles. The number of aromatic nitrogens is 1. The number of pyridine rings is 1. The van der Waals surface area contributed by atoms with Crippen molar-refractivity contribution >= 4 is 11.5 Å². The summed E-state index contributed by atoms with van der Waals surface area (Å²) in [6, 6.07) is 15.8. The first-order valence-electron chi connectivity index (χ1n) is 11.5. The Labute approximate surface area is 197 Å². The van der Waals surface area contributed by atoms with Gasteiger partial charge in [0.15, 0.2) is 0 Å². The highest BCUT2D eigenvalue weighted by atomic mass is 19.4. The summed E-state index contributed by atoms with van der Waals surface area (Å²) in [6.07, 6.45) is -0.570. The van der Waals surface area contributed by atoms with Gasteiger partial charge in [-0.3, -0.25) is 4.90 Å². The summed E-state index contributed by atoms with van der Waals surface area (Å²) >= 11 is 0. The number of rotatable bonds is 8. The predicted octanol–water partition coefficient (Wildman–Crippen LogP) is 5.92. The smallest absolute Gasteiger partial charge is 0.370 e. The molecule has 0 radical (unpaired) electrons. The third-order valence-corrected chi connectivity index (χ3v) is 6.06. The molecule has 0 unspecified atom stereocenters. The van der Waals surface area contributed by atoms with Gasteiger partial charge in [0.25, 0.3) is 0 Å². The van der Waals surface area contributed by atoms with Gasteiger partial charge in [0.05, 0.1) is 5.56 Å². The van der Waals surface area contributed by atoms with Crippen LogP contribution in [0.4, 0.5) is 29.1 Å². The van der Waals surface area contributed by atoms with E-state index in [-0.39, 0.29) is 5.82 Å². The number of nitrogens with zero attached hydrogens (tertiary/aromatic N) is 3. The summed E-state index contributed by atoms with van der Waals surface area (Å²) in [7, 11) is 0. The average molecular weight is 473 g/mol. The zero-order valence-corrected chi connectivity index (χ0v) is 18.9. The lowest BCUT2D eigenvalue weighted by Crippen LogP contribution is -2.46. The molecule has 34 heavy (non-hydrogen) atoms. The molecule has 1 N–H and O–H groups in total. The van der Waals surface area contributed by atoms with Crippen LogP contribution in [0, 0.1) is 5.82 Å². The van der Waals surface area contributed by atoms with Crippen molar-refractivity contribution in [3.8, 4) is 11.1 Å². The maximum absolute atomic E-state index is 13.1. The summed E-state index contributed by atoms with van der Waals surface area (Å²) in [5.41, 5.74) is 1.96. The Kier molecular flexibility index (Phi) is 7.67. The molecule has 2 aromatic carbocycles. The third-order valence-electron chi connectivity index (χ3n) is 6.06. The zero-order valence-electron chi connectivity index (χ0n) is 18.9. The van der Waals surface area contributed by atoms with Crippen LogP contribution in [0.3, 0.4) is 0 Å². The van der Waals surface area contributed by atoms with Crippen molar-refractivity contribution in [1.29, 1.82) is 0 Å². The van der Waals surface area contributed by atoms with E-state index in [1.54, 1.807) is 24.4 Å². The Morgan fingerprint density at radius 3 is 2.35 bits per heavy atom. The SMILES string of the molecule is Fc1ccc(-c2ccnc(NCCCCN3CCN(c4cccc(C(F)(F)F)c4)CC3)c2)cc1. The van der Waals surface area contributed by atoms with Gasteiger partial charge in [-0.05, 0) is 73.0 Å². The van der Waals surface area contributed by atoms with Crippen LogP contribution in [0.15, 0.2) is 66.9 Å². The van der Waals surface area contributed by atoms with Gasteiger partial charge in [-0.25, -0.2) is 9.37 Å². The molecule has 0 atom stereocenters. The molecule has 0 spiro atoms. The monoisotopic (exact) mass is 472 g/mol. The molecule has 4 rings (SSSR count). The molecule has 4 nitrogen and oxygen atoms in total. The molecule has 0 bridgehead atoms. The van der Waals surface area contributed by atoms with E-state index in [0.717, 1.165) is 75.1 Å². The molecule has 180 valence electrons. The number of benzene rings is 2. The number of nitrogens with one attached hydrogen (secondary N) is 1. The van der Waals surface area contributed by atoms with E-state index in [0.29, 0.717) is 5.69 Å². The topological polar surface area (TPSA) is 31.4 Å². The Morgan fingerprint density at radius 1 is 0.853 bits per heavy atom. The highest BCUT2D eigenvalue weighted by Crippen LogP contribution is 2.32. The van der Waals surface area contributed by atoms with Gasteiger partial charge in [0.2, 0.25) is 0 Å². The fourth-order valence-corrected chi connectivity index (χ4v) is 4.13. The second-order valence-corrected chi connectivity index (χ2v) is 8.45. The van der Waals surface area contributed by atoms with Gasteiger partial charge in [0.1, 0.15) is 11.6 Å². The average Bonchev–Trinajstić information content (AvgIpc) is 2.84. The Balaban J connectivity index is 1.17. The van der Waals surface area contributed by atoms with Gasteiger partial charge in [-0.1, -0.05) is 18.2 Å². The summed E-state index contributed by atoms with van der Waals surface area (Å²) in [5, 5.41) is 3.35. The van der Waals surface area contributed by atoms with Crippen LogP contribution < -0.4 is 10.2 Å². The quantitative estimate of drug-likeness (QED) is 0.326. The molecular weight excluding hydrogens is 444 g/mol. The number of hydrogen-bond acceptors (Lipinski definition) is 4. The fraction of sp³-hybridized carbons (Fsp3) is 0.346. The van der Waals surface area contributed by atoms with Gasteiger partial charge >= 0.3 is 6.18 Å². The van der Waals surface area contributed by atoms with E-state index in [1.807, 2.05) is 17.0 Å². The number of alkyl halides is 3. The van der Waals surface area contributed by atoms with Crippen molar-refractivity contribution in [3.63, 3.8) is 0 Å². The number of piperazine rings is 1. The third kappa shape index (κ3) is 6.47. The van der Waals surface area contributed by atoms with Crippen molar-refractivity contribution < 1.29 is 17.6 Å². The van der Waals surface area contributed by atoms with Gasteiger partial charge in [0, 0.05) is 44.6 Å². The Morgan fingerprint density at radius 2 is 1.62 bits per heavy atom. The molecule has 0 saturated carbocycles. The molecule has 3 aromatic rings. The molecule has 1 aliphatic rings. The number of unbranched alkanes of at least 4 members (excludes halogenated alkanes) is 1. The summed E-state index contributed by atoms with van der Waals surface area (Å²) in [4.78, 5) is 8.74. The lowest BCUT2D eigenvalue weighted by molar-refractivity contribution is -0.137. The van der Waals surface area contributed by atoms with E-state index in [9.17, 15) is 17.6 Å². The highest BCUT2D eigenvalue weighted by Gasteiger charge is 2.31. The van der Waals surface area contributed by atoms with E-state index in [4.69, 9.17) is 0 Å². The Bertz CT molecular complexity index is 1060. The first kappa shape index (κ1) is 24.0. The molecule has 1 fully saturated rings. The van der Waals surface area contributed by atoms with Crippen LogP contribution in [0.25, 0.3) is 11.1 Å². The molecular formula is C26H28F4N4. The van der Waals surface area contributed by atoms with E-state index >= 15 is 0 Å². The van der Waals surface area contributed by atoms with Crippen molar-refractivity contribution in [2.75, 3.05) is 49.5 Å². The number of halogens is 4. The fourth-order valence-electron chi connectivity index (χ4n) is 4.13. The summed E-state index contributed by atoms with van der Waals surface area (Å²) in [5.74, 6) is 0.532. The van der Waals surface area contributed by atoms with Crippen molar-refractivity contribution in [1.82, 2.24) is 9.88 Å².